The molecule has 20 heavy (non-hydrogen) atoms. The van der Waals surface area contributed by atoms with Gasteiger partial charge in [0.05, 0.1) is 11.1 Å². The van der Waals surface area contributed by atoms with E-state index in [9.17, 15) is 14.7 Å². The third kappa shape index (κ3) is 2.69. The van der Waals surface area contributed by atoms with Crippen LogP contribution < -0.4 is 5.32 Å². The Bertz CT molecular complexity index is 516. The highest BCUT2D eigenvalue weighted by Gasteiger charge is 2.41. The van der Waals surface area contributed by atoms with E-state index in [1.165, 1.54) is 0 Å². The summed E-state index contributed by atoms with van der Waals surface area (Å²) in [5.74, 6) is -1.06. The first-order valence-corrected chi connectivity index (χ1v) is 7.04. The fourth-order valence-corrected chi connectivity index (χ4v) is 2.83. The van der Waals surface area contributed by atoms with Crippen LogP contribution in [0.4, 0.5) is 0 Å². The van der Waals surface area contributed by atoms with Crippen molar-refractivity contribution in [2.45, 2.75) is 46.1 Å². The number of carboxylic acid groups (broad SMARTS) is 1. The lowest BCUT2D eigenvalue weighted by Crippen LogP contribution is -2.41. The van der Waals surface area contributed by atoms with E-state index in [2.05, 4.69) is 10.4 Å². The van der Waals surface area contributed by atoms with E-state index >= 15 is 0 Å². The lowest BCUT2D eigenvalue weighted by atomic mass is 9.86. The van der Waals surface area contributed by atoms with Gasteiger partial charge in [0, 0.05) is 13.1 Å². The fourth-order valence-electron chi connectivity index (χ4n) is 2.83. The Balaban J connectivity index is 2.06. The van der Waals surface area contributed by atoms with Gasteiger partial charge < -0.3 is 10.4 Å². The molecule has 0 aliphatic heterocycles. The average Bonchev–Trinajstić information content (AvgIpc) is 3.03. The van der Waals surface area contributed by atoms with Crippen molar-refractivity contribution in [1.29, 1.82) is 0 Å². The fraction of sp³-hybridized carbons (Fsp3) is 0.643. The van der Waals surface area contributed by atoms with Gasteiger partial charge in [-0.3, -0.25) is 14.3 Å². The largest absolute Gasteiger partial charge is 0.481 e. The normalized spacial score (nSPS) is 17.1. The van der Waals surface area contributed by atoms with E-state index in [4.69, 9.17) is 0 Å². The van der Waals surface area contributed by atoms with Crippen molar-refractivity contribution in [2.75, 3.05) is 6.54 Å². The van der Waals surface area contributed by atoms with Gasteiger partial charge in [0.15, 0.2) is 0 Å². The number of hydrogen-bond donors (Lipinski definition) is 2. The number of aromatic nitrogens is 2. The summed E-state index contributed by atoms with van der Waals surface area (Å²) in [5, 5.41) is 16.4. The van der Waals surface area contributed by atoms with Gasteiger partial charge in [0.25, 0.3) is 5.91 Å². The van der Waals surface area contributed by atoms with Gasteiger partial charge in [0.1, 0.15) is 5.69 Å². The van der Waals surface area contributed by atoms with E-state index in [0.29, 0.717) is 25.1 Å². The second-order valence-electron chi connectivity index (χ2n) is 5.46. The number of rotatable bonds is 5. The third-order valence-corrected chi connectivity index (χ3v) is 4.04. The molecule has 1 aliphatic carbocycles. The second kappa shape index (κ2) is 5.64. The van der Waals surface area contributed by atoms with E-state index in [1.54, 1.807) is 10.7 Å². The zero-order valence-corrected chi connectivity index (χ0v) is 12.0. The van der Waals surface area contributed by atoms with Gasteiger partial charge >= 0.3 is 5.97 Å². The predicted molar refractivity (Wildman–Crippen MR) is 73.5 cm³/mol. The van der Waals surface area contributed by atoms with Crippen LogP contribution in [0.3, 0.4) is 0 Å². The minimum atomic E-state index is -0.810. The SMILES string of the molecule is CCn1nc(C)cc1C(=O)NCC1(C(=O)O)CCCC1. The highest BCUT2D eigenvalue weighted by Crippen LogP contribution is 2.37. The van der Waals surface area contributed by atoms with Crippen molar-refractivity contribution < 1.29 is 14.7 Å². The molecule has 0 bridgehead atoms. The van der Waals surface area contributed by atoms with E-state index < -0.39 is 11.4 Å². The molecule has 0 radical (unpaired) electrons. The first kappa shape index (κ1) is 14.6. The van der Waals surface area contributed by atoms with Crippen LogP contribution in [0.15, 0.2) is 6.07 Å². The van der Waals surface area contributed by atoms with Crippen LogP contribution in [0.2, 0.25) is 0 Å². The number of aliphatic carboxylic acids is 1. The summed E-state index contributed by atoms with van der Waals surface area (Å²) in [4.78, 5) is 23.6. The molecule has 0 aromatic carbocycles. The summed E-state index contributed by atoms with van der Waals surface area (Å²) in [5.41, 5.74) is 0.483. The van der Waals surface area contributed by atoms with Crippen LogP contribution in [-0.2, 0) is 11.3 Å². The Labute approximate surface area is 118 Å². The van der Waals surface area contributed by atoms with Crippen molar-refractivity contribution in [3.8, 4) is 0 Å². The zero-order chi connectivity index (χ0) is 14.8. The molecule has 1 heterocycles. The minimum Gasteiger partial charge on any atom is -0.481 e. The molecule has 1 saturated carbocycles. The maximum atomic E-state index is 12.2. The third-order valence-electron chi connectivity index (χ3n) is 4.04. The van der Waals surface area contributed by atoms with E-state index in [0.717, 1.165) is 18.5 Å². The summed E-state index contributed by atoms with van der Waals surface area (Å²) < 4.78 is 1.63. The predicted octanol–water partition coefficient (Wildman–Crippen LogP) is 1.59. The molecule has 0 saturated heterocycles. The van der Waals surface area contributed by atoms with Crippen molar-refractivity contribution in [3.63, 3.8) is 0 Å². The Morgan fingerprint density at radius 2 is 2.10 bits per heavy atom. The number of aryl methyl sites for hydroxylation is 2. The van der Waals surface area contributed by atoms with E-state index in [-0.39, 0.29) is 12.5 Å². The Morgan fingerprint density at radius 1 is 1.45 bits per heavy atom. The topological polar surface area (TPSA) is 84.2 Å². The molecule has 1 amide bonds. The molecule has 6 heteroatoms. The summed E-state index contributed by atoms with van der Waals surface area (Å²) in [7, 11) is 0. The number of nitrogens with zero attached hydrogens (tertiary/aromatic N) is 2. The lowest BCUT2D eigenvalue weighted by molar-refractivity contribution is -0.148. The van der Waals surface area contributed by atoms with E-state index in [1.807, 2.05) is 13.8 Å². The first-order chi connectivity index (χ1) is 9.48. The molecule has 6 nitrogen and oxygen atoms in total. The number of carbonyl (C=O) groups excluding carboxylic acids is 1. The standard InChI is InChI=1S/C14H21N3O3/c1-3-17-11(8-10(2)16-17)12(18)15-9-14(13(19)20)6-4-5-7-14/h8H,3-7,9H2,1-2H3,(H,15,18)(H,19,20). The molecule has 2 rings (SSSR count). The van der Waals surface area contributed by atoms with Crippen LogP contribution in [-0.4, -0.2) is 33.3 Å². The summed E-state index contributed by atoms with van der Waals surface area (Å²) in [6.45, 7) is 4.55. The summed E-state index contributed by atoms with van der Waals surface area (Å²) in [6.07, 6.45) is 3.09. The molecular formula is C14H21N3O3. The number of nitrogens with one attached hydrogen (secondary N) is 1. The highest BCUT2D eigenvalue weighted by molar-refractivity contribution is 5.93. The molecule has 110 valence electrons. The van der Waals surface area contributed by atoms with Gasteiger partial charge in [-0.25, -0.2) is 0 Å². The smallest absolute Gasteiger partial charge is 0.311 e. The van der Waals surface area contributed by atoms with Crippen LogP contribution in [0, 0.1) is 12.3 Å². The van der Waals surface area contributed by atoms with Crippen molar-refractivity contribution in [2.24, 2.45) is 5.41 Å². The molecule has 1 aromatic rings. The van der Waals surface area contributed by atoms with Crippen LogP contribution in [0.1, 0.15) is 48.8 Å². The van der Waals surface area contributed by atoms with Crippen molar-refractivity contribution in [3.05, 3.63) is 17.5 Å². The second-order valence-corrected chi connectivity index (χ2v) is 5.46. The summed E-state index contributed by atoms with van der Waals surface area (Å²) in [6, 6.07) is 1.72. The van der Waals surface area contributed by atoms with Crippen LogP contribution in [0.25, 0.3) is 0 Å². The highest BCUT2D eigenvalue weighted by atomic mass is 16.4. The van der Waals surface area contributed by atoms with Gasteiger partial charge in [-0.1, -0.05) is 12.8 Å². The van der Waals surface area contributed by atoms with Crippen LogP contribution >= 0.6 is 0 Å². The molecule has 1 fully saturated rings. The zero-order valence-electron chi connectivity index (χ0n) is 12.0. The number of carbonyl (C=O) groups is 2. The molecule has 2 N–H and O–H groups in total. The van der Waals surface area contributed by atoms with Gasteiger partial charge in [-0.15, -0.1) is 0 Å². The molecule has 1 aromatic heterocycles. The van der Waals surface area contributed by atoms with Gasteiger partial charge in [0.2, 0.25) is 0 Å². The maximum Gasteiger partial charge on any atom is 0.311 e. The van der Waals surface area contributed by atoms with Gasteiger partial charge in [-0.05, 0) is 32.8 Å². The number of carboxylic acids is 1. The first-order valence-electron chi connectivity index (χ1n) is 7.04. The lowest BCUT2D eigenvalue weighted by Gasteiger charge is -2.23. The summed E-state index contributed by atoms with van der Waals surface area (Å²) >= 11 is 0. The number of hydrogen-bond acceptors (Lipinski definition) is 3. The molecule has 1 aliphatic rings. The maximum absolute atomic E-state index is 12.2. The Kier molecular flexibility index (Phi) is 4.11. The van der Waals surface area contributed by atoms with Crippen molar-refractivity contribution >= 4 is 11.9 Å². The molecular weight excluding hydrogens is 258 g/mol. The van der Waals surface area contributed by atoms with Crippen LogP contribution in [0.5, 0.6) is 0 Å². The molecule has 0 atom stereocenters. The quantitative estimate of drug-likeness (QED) is 0.857. The Morgan fingerprint density at radius 3 is 2.65 bits per heavy atom. The number of amides is 1. The molecule has 0 unspecified atom stereocenters. The monoisotopic (exact) mass is 279 g/mol. The molecule has 0 spiro atoms. The van der Waals surface area contributed by atoms with Gasteiger partial charge in [-0.2, -0.15) is 5.10 Å². The Hall–Kier alpha value is -1.85. The minimum absolute atomic E-state index is 0.190. The van der Waals surface area contributed by atoms with Crippen molar-refractivity contribution in [1.82, 2.24) is 15.1 Å². The average molecular weight is 279 g/mol.